The molecule has 0 N–H and O–H groups in total. The van der Waals surface area contributed by atoms with E-state index in [4.69, 9.17) is 4.52 Å². The molecule has 0 saturated heterocycles. The molecule has 0 atom stereocenters. The largest absolute Gasteiger partial charge is 0.337 e. The molecule has 0 bridgehead atoms. The Morgan fingerprint density at radius 1 is 1.04 bits per heavy atom. The van der Waals surface area contributed by atoms with Gasteiger partial charge in [0.05, 0.1) is 0 Å². The molecule has 2 heterocycles. The van der Waals surface area contributed by atoms with Crippen LogP contribution in [0, 0.1) is 5.82 Å². The molecule has 0 radical (unpaired) electrons. The van der Waals surface area contributed by atoms with Gasteiger partial charge in [0.2, 0.25) is 11.6 Å². The van der Waals surface area contributed by atoms with Gasteiger partial charge in [0.1, 0.15) is 12.4 Å². The lowest BCUT2D eigenvalue weighted by Crippen LogP contribution is -2.04. The van der Waals surface area contributed by atoms with Gasteiger partial charge >= 0.3 is 0 Å². The molecule has 2 aromatic carbocycles. The average Bonchev–Trinajstić information content (AvgIpc) is 3.26. The summed E-state index contributed by atoms with van der Waals surface area (Å²) < 4.78 is 19.1. The van der Waals surface area contributed by atoms with Crippen molar-refractivity contribution in [3.63, 3.8) is 0 Å². The monoisotopic (exact) mass is 400 g/mol. The van der Waals surface area contributed by atoms with Crippen molar-refractivity contribution in [3.05, 3.63) is 64.7 Å². The minimum Gasteiger partial charge on any atom is -0.337 e. The van der Waals surface area contributed by atoms with Gasteiger partial charge in [-0.2, -0.15) is 9.78 Å². The molecule has 9 heteroatoms. The van der Waals surface area contributed by atoms with Gasteiger partial charge in [0, 0.05) is 15.6 Å². The Balaban J connectivity index is 1.52. The molecule has 0 spiro atoms. The highest BCUT2D eigenvalue weighted by molar-refractivity contribution is 9.10. The normalized spacial score (nSPS) is 11.0. The predicted octanol–water partition coefficient (Wildman–Crippen LogP) is 3.34. The van der Waals surface area contributed by atoms with Crippen LogP contribution in [-0.4, -0.2) is 30.3 Å². The van der Waals surface area contributed by atoms with E-state index in [1.807, 2.05) is 24.3 Å². The van der Waals surface area contributed by atoms with Crippen LogP contribution >= 0.6 is 15.9 Å². The van der Waals surface area contributed by atoms with E-state index in [9.17, 15) is 4.39 Å². The number of hydrogen-bond acceptors (Lipinski definition) is 6. The maximum absolute atomic E-state index is 13.0. The van der Waals surface area contributed by atoms with Crippen LogP contribution in [0.5, 0.6) is 0 Å². The fraction of sp³-hybridized carbons (Fsp3) is 0.0625. The van der Waals surface area contributed by atoms with Crippen LogP contribution in [0.25, 0.3) is 22.8 Å². The van der Waals surface area contributed by atoms with Crippen molar-refractivity contribution < 1.29 is 8.91 Å². The number of halogens is 2. The van der Waals surface area contributed by atoms with Crippen LogP contribution in [0.15, 0.2) is 57.5 Å². The van der Waals surface area contributed by atoms with E-state index < -0.39 is 0 Å². The first-order valence-corrected chi connectivity index (χ1v) is 8.09. The van der Waals surface area contributed by atoms with Gasteiger partial charge in [-0.3, -0.25) is 0 Å². The summed E-state index contributed by atoms with van der Waals surface area (Å²) in [6, 6.07) is 13.5. The summed E-state index contributed by atoms with van der Waals surface area (Å²) in [6.45, 7) is 0.190. The molecule has 0 aliphatic rings. The summed E-state index contributed by atoms with van der Waals surface area (Å²) in [5, 5.41) is 16.1. The average molecular weight is 401 g/mol. The molecule has 0 unspecified atom stereocenters. The summed E-state index contributed by atoms with van der Waals surface area (Å²) in [7, 11) is 0. The van der Waals surface area contributed by atoms with E-state index in [1.165, 1.54) is 16.9 Å². The fourth-order valence-electron chi connectivity index (χ4n) is 2.21. The number of tetrazole rings is 1. The quantitative estimate of drug-likeness (QED) is 0.522. The van der Waals surface area contributed by atoms with Crippen molar-refractivity contribution in [2.75, 3.05) is 0 Å². The van der Waals surface area contributed by atoms with Gasteiger partial charge < -0.3 is 4.52 Å². The minimum atomic E-state index is -0.318. The smallest absolute Gasteiger partial charge is 0.250 e. The summed E-state index contributed by atoms with van der Waals surface area (Å²) in [6.07, 6.45) is 0. The first-order valence-electron chi connectivity index (χ1n) is 7.30. The van der Waals surface area contributed by atoms with Gasteiger partial charge in [-0.1, -0.05) is 33.2 Å². The van der Waals surface area contributed by atoms with Crippen LogP contribution < -0.4 is 0 Å². The van der Waals surface area contributed by atoms with E-state index in [-0.39, 0.29) is 12.4 Å². The minimum absolute atomic E-state index is 0.190. The number of rotatable bonds is 4. The van der Waals surface area contributed by atoms with Crippen LogP contribution in [-0.2, 0) is 6.54 Å². The molecular weight excluding hydrogens is 391 g/mol. The lowest BCUT2D eigenvalue weighted by atomic mass is 10.2. The van der Waals surface area contributed by atoms with Crippen molar-refractivity contribution in [1.29, 1.82) is 0 Å². The maximum atomic E-state index is 13.0. The Morgan fingerprint density at radius 2 is 1.88 bits per heavy atom. The molecule has 0 aliphatic carbocycles. The fourth-order valence-corrected chi connectivity index (χ4v) is 2.61. The van der Waals surface area contributed by atoms with Gasteiger partial charge in [-0.25, -0.2) is 4.39 Å². The van der Waals surface area contributed by atoms with E-state index in [0.29, 0.717) is 23.1 Å². The molecule has 4 rings (SSSR count). The first kappa shape index (κ1) is 15.6. The predicted molar refractivity (Wildman–Crippen MR) is 89.7 cm³/mol. The number of benzene rings is 2. The molecule has 0 fully saturated rings. The van der Waals surface area contributed by atoms with Crippen LogP contribution in [0.4, 0.5) is 4.39 Å². The lowest BCUT2D eigenvalue weighted by molar-refractivity contribution is 0.356. The van der Waals surface area contributed by atoms with Gasteiger partial charge in [-0.15, -0.1) is 10.2 Å². The summed E-state index contributed by atoms with van der Waals surface area (Å²) in [4.78, 5) is 5.68. The second kappa shape index (κ2) is 6.52. The molecule has 0 aliphatic heterocycles. The Morgan fingerprint density at radius 3 is 2.68 bits per heavy atom. The second-order valence-electron chi connectivity index (χ2n) is 5.17. The third-order valence-corrected chi connectivity index (χ3v) is 3.88. The summed E-state index contributed by atoms with van der Waals surface area (Å²) in [5.41, 5.74) is 1.51. The van der Waals surface area contributed by atoms with Crippen LogP contribution in [0.1, 0.15) is 5.89 Å². The van der Waals surface area contributed by atoms with Crippen molar-refractivity contribution in [2.45, 2.75) is 6.54 Å². The summed E-state index contributed by atoms with van der Waals surface area (Å²) >= 11 is 3.41. The standard InChI is InChI=1S/C16H10BrFN6O/c17-12-3-1-2-11(8-12)15-19-14(25-22-15)9-24-21-16(20-23-24)10-4-6-13(18)7-5-10/h1-8H,9H2. The number of aromatic nitrogens is 6. The molecule has 124 valence electrons. The first-order chi connectivity index (χ1) is 12.2. The Kier molecular flexibility index (Phi) is 4.06. The zero-order valence-electron chi connectivity index (χ0n) is 12.7. The topological polar surface area (TPSA) is 82.5 Å². The van der Waals surface area contributed by atoms with Crippen molar-refractivity contribution >= 4 is 15.9 Å². The Hall–Kier alpha value is -2.94. The van der Waals surface area contributed by atoms with E-state index in [0.717, 1.165) is 10.0 Å². The van der Waals surface area contributed by atoms with Crippen LogP contribution in [0.3, 0.4) is 0 Å². The van der Waals surface area contributed by atoms with Crippen molar-refractivity contribution in [2.24, 2.45) is 0 Å². The van der Waals surface area contributed by atoms with Gasteiger partial charge in [0.15, 0.2) is 0 Å². The van der Waals surface area contributed by atoms with Crippen LogP contribution in [0.2, 0.25) is 0 Å². The number of hydrogen-bond donors (Lipinski definition) is 0. The second-order valence-corrected chi connectivity index (χ2v) is 6.09. The third-order valence-electron chi connectivity index (χ3n) is 3.38. The zero-order valence-corrected chi connectivity index (χ0v) is 14.3. The third kappa shape index (κ3) is 3.45. The Labute approximate surface area is 149 Å². The maximum Gasteiger partial charge on any atom is 0.250 e. The SMILES string of the molecule is Fc1ccc(-c2nnn(Cc3nc(-c4cccc(Br)c4)no3)n2)cc1. The van der Waals surface area contributed by atoms with E-state index in [2.05, 4.69) is 41.5 Å². The summed E-state index contributed by atoms with van der Waals surface area (Å²) in [5.74, 6) is 0.919. The lowest BCUT2D eigenvalue weighted by Gasteiger charge is -1.94. The Bertz CT molecular complexity index is 1010. The highest BCUT2D eigenvalue weighted by Crippen LogP contribution is 2.20. The van der Waals surface area contributed by atoms with E-state index in [1.54, 1.807) is 12.1 Å². The molecular formula is C16H10BrFN6O. The zero-order chi connectivity index (χ0) is 17.2. The van der Waals surface area contributed by atoms with Gasteiger partial charge in [-0.05, 0) is 41.6 Å². The molecule has 2 aromatic heterocycles. The van der Waals surface area contributed by atoms with Gasteiger partial charge in [0.25, 0.3) is 5.89 Å². The van der Waals surface area contributed by atoms with Crippen molar-refractivity contribution in [3.8, 4) is 22.8 Å². The molecule has 0 amide bonds. The molecule has 25 heavy (non-hydrogen) atoms. The molecule has 4 aromatic rings. The molecule has 0 saturated carbocycles. The van der Waals surface area contributed by atoms with E-state index >= 15 is 0 Å². The molecule has 7 nitrogen and oxygen atoms in total. The van der Waals surface area contributed by atoms with Crippen molar-refractivity contribution in [1.82, 2.24) is 30.3 Å². The highest BCUT2D eigenvalue weighted by atomic mass is 79.9. The number of nitrogens with zero attached hydrogens (tertiary/aromatic N) is 6. The highest BCUT2D eigenvalue weighted by Gasteiger charge is 2.12.